The summed E-state index contributed by atoms with van der Waals surface area (Å²) in [7, 11) is 1.45. The summed E-state index contributed by atoms with van der Waals surface area (Å²) >= 11 is 0. The lowest BCUT2D eigenvalue weighted by Crippen LogP contribution is -2.02. The second-order valence-corrected chi connectivity index (χ2v) is 3.57. The smallest absolute Gasteiger partial charge is 0.338 e. The van der Waals surface area contributed by atoms with Crippen LogP contribution in [-0.2, 0) is 0 Å². The molecule has 1 aromatic heterocycles. The Labute approximate surface area is 107 Å². The Bertz CT molecular complexity index is 619. The summed E-state index contributed by atoms with van der Waals surface area (Å²) in [6.07, 6.45) is 2.87. The van der Waals surface area contributed by atoms with Gasteiger partial charge in [-0.1, -0.05) is 0 Å². The van der Waals surface area contributed by atoms with Crippen LogP contribution in [-0.4, -0.2) is 28.2 Å². The van der Waals surface area contributed by atoms with Crippen LogP contribution in [0.1, 0.15) is 10.4 Å². The highest BCUT2D eigenvalue weighted by Gasteiger charge is 2.10. The molecule has 0 fully saturated rings. The molecule has 2 N–H and O–H groups in total. The van der Waals surface area contributed by atoms with Crippen LogP contribution in [0.5, 0.6) is 5.88 Å². The third-order valence-electron chi connectivity index (χ3n) is 2.29. The molecule has 0 bridgehead atoms. The van der Waals surface area contributed by atoms with Gasteiger partial charge in [0.25, 0.3) is 0 Å². The SMILES string of the molecule is COc1cncc(Nc2ccc(C(=O)O)c(F)c2)n1. The number of ether oxygens (including phenoxy) is 1. The monoisotopic (exact) mass is 263 g/mol. The first-order valence-corrected chi connectivity index (χ1v) is 5.26. The van der Waals surface area contributed by atoms with Gasteiger partial charge in [0.05, 0.1) is 25.1 Å². The molecular formula is C12H10FN3O3. The molecular weight excluding hydrogens is 253 g/mol. The number of aromatic nitrogens is 2. The zero-order valence-corrected chi connectivity index (χ0v) is 9.92. The van der Waals surface area contributed by atoms with E-state index in [4.69, 9.17) is 9.84 Å². The minimum atomic E-state index is -1.31. The van der Waals surface area contributed by atoms with E-state index in [1.165, 1.54) is 31.6 Å². The zero-order valence-electron chi connectivity index (χ0n) is 9.92. The van der Waals surface area contributed by atoms with Gasteiger partial charge in [-0.3, -0.25) is 4.98 Å². The van der Waals surface area contributed by atoms with Gasteiger partial charge in [0.2, 0.25) is 5.88 Å². The van der Waals surface area contributed by atoms with Crippen LogP contribution in [0.2, 0.25) is 0 Å². The lowest BCUT2D eigenvalue weighted by atomic mass is 10.2. The van der Waals surface area contributed by atoms with Crippen LogP contribution in [0.25, 0.3) is 0 Å². The number of hydrogen-bond donors (Lipinski definition) is 2. The molecule has 7 heteroatoms. The average molecular weight is 263 g/mol. The molecule has 0 atom stereocenters. The Kier molecular flexibility index (Phi) is 3.56. The number of nitrogens with zero attached hydrogens (tertiary/aromatic N) is 2. The number of halogens is 1. The number of carboxylic acids is 1. The van der Waals surface area contributed by atoms with E-state index in [0.717, 1.165) is 6.07 Å². The summed E-state index contributed by atoms with van der Waals surface area (Å²) < 4.78 is 18.4. The Morgan fingerprint density at radius 3 is 2.84 bits per heavy atom. The molecule has 6 nitrogen and oxygen atoms in total. The number of anilines is 2. The molecule has 2 rings (SSSR count). The number of rotatable bonds is 4. The normalized spacial score (nSPS) is 10.0. The van der Waals surface area contributed by atoms with Crippen LogP contribution < -0.4 is 10.1 Å². The molecule has 2 aromatic rings. The van der Waals surface area contributed by atoms with Crippen LogP contribution >= 0.6 is 0 Å². The number of carbonyl (C=O) groups is 1. The highest BCUT2D eigenvalue weighted by Crippen LogP contribution is 2.19. The van der Waals surface area contributed by atoms with Crippen molar-refractivity contribution in [2.75, 3.05) is 12.4 Å². The van der Waals surface area contributed by atoms with Gasteiger partial charge in [-0.05, 0) is 18.2 Å². The molecule has 1 heterocycles. The third-order valence-corrected chi connectivity index (χ3v) is 2.29. The van der Waals surface area contributed by atoms with Crippen molar-refractivity contribution >= 4 is 17.5 Å². The van der Waals surface area contributed by atoms with Crippen molar-refractivity contribution in [2.24, 2.45) is 0 Å². The molecule has 0 saturated carbocycles. The molecule has 0 unspecified atom stereocenters. The number of benzene rings is 1. The Morgan fingerprint density at radius 2 is 2.21 bits per heavy atom. The van der Waals surface area contributed by atoms with Crippen molar-refractivity contribution in [3.63, 3.8) is 0 Å². The maximum atomic E-state index is 13.5. The van der Waals surface area contributed by atoms with Gasteiger partial charge in [0, 0.05) is 5.69 Å². The predicted octanol–water partition coefficient (Wildman–Crippen LogP) is 2.07. The van der Waals surface area contributed by atoms with Gasteiger partial charge in [0.1, 0.15) is 5.82 Å². The number of carboxylic acid groups (broad SMARTS) is 1. The van der Waals surface area contributed by atoms with Crippen LogP contribution in [0.4, 0.5) is 15.9 Å². The van der Waals surface area contributed by atoms with Crippen molar-refractivity contribution in [3.05, 3.63) is 42.0 Å². The van der Waals surface area contributed by atoms with E-state index in [1.807, 2.05) is 0 Å². The first-order valence-electron chi connectivity index (χ1n) is 5.26. The topological polar surface area (TPSA) is 84.3 Å². The second kappa shape index (κ2) is 5.30. The summed E-state index contributed by atoms with van der Waals surface area (Å²) in [6.45, 7) is 0. The number of aromatic carboxylic acids is 1. The van der Waals surface area contributed by atoms with E-state index in [1.54, 1.807) is 0 Å². The van der Waals surface area contributed by atoms with Gasteiger partial charge < -0.3 is 15.2 Å². The van der Waals surface area contributed by atoms with Gasteiger partial charge in [0.15, 0.2) is 5.82 Å². The minimum absolute atomic E-state index is 0.313. The standard InChI is InChI=1S/C12H10FN3O3/c1-19-11-6-14-5-10(16-11)15-7-2-3-8(12(17)18)9(13)4-7/h2-6H,1H3,(H,15,16)(H,17,18). The average Bonchev–Trinajstić information content (AvgIpc) is 2.38. The van der Waals surface area contributed by atoms with Crippen LogP contribution in [0, 0.1) is 5.82 Å². The van der Waals surface area contributed by atoms with E-state index in [0.29, 0.717) is 17.4 Å². The largest absolute Gasteiger partial charge is 0.480 e. The maximum absolute atomic E-state index is 13.5. The third kappa shape index (κ3) is 2.95. The summed E-state index contributed by atoms with van der Waals surface area (Å²) in [4.78, 5) is 18.6. The lowest BCUT2D eigenvalue weighted by Gasteiger charge is -2.07. The zero-order chi connectivity index (χ0) is 13.8. The van der Waals surface area contributed by atoms with Gasteiger partial charge in [-0.2, -0.15) is 4.98 Å². The quantitative estimate of drug-likeness (QED) is 0.878. The molecule has 0 aliphatic heterocycles. The van der Waals surface area contributed by atoms with E-state index in [9.17, 15) is 9.18 Å². The molecule has 0 amide bonds. The van der Waals surface area contributed by atoms with Crippen molar-refractivity contribution < 1.29 is 19.0 Å². The first kappa shape index (κ1) is 12.7. The van der Waals surface area contributed by atoms with Crippen molar-refractivity contribution in [1.29, 1.82) is 0 Å². The highest BCUT2D eigenvalue weighted by atomic mass is 19.1. The molecule has 0 radical (unpaired) electrons. The van der Waals surface area contributed by atoms with Crippen molar-refractivity contribution in [3.8, 4) is 5.88 Å². The molecule has 0 spiro atoms. The van der Waals surface area contributed by atoms with Gasteiger partial charge >= 0.3 is 5.97 Å². The molecule has 0 aliphatic carbocycles. The van der Waals surface area contributed by atoms with Crippen molar-refractivity contribution in [1.82, 2.24) is 9.97 Å². The molecule has 98 valence electrons. The second-order valence-electron chi connectivity index (χ2n) is 3.57. The van der Waals surface area contributed by atoms with Crippen molar-refractivity contribution in [2.45, 2.75) is 0 Å². The highest BCUT2D eigenvalue weighted by molar-refractivity contribution is 5.88. The van der Waals surface area contributed by atoms with Gasteiger partial charge in [-0.15, -0.1) is 0 Å². The Morgan fingerprint density at radius 1 is 1.42 bits per heavy atom. The van der Waals surface area contributed by atoms with E-state index in [-0.39, 0.29) is 5.56 Å². The lowest BCUT2D eigenvalue weighted by molar-refractivity contribution is 0.0692. The fraction of sp³-hybridized carbons (Fsp3) is 0.0833. The molecule has 0 aliphatic rings. The maximum Gasteiger partial charge on any atom is 0.338 e. The Hall–Kier alpha value is -2.70. The predicted molar refractivity (Wildman–Crippen MR) is 65.2 cm³/mol. The minimum Gasteiger partial charge on any atom is -0.480 e. The molecule has 1 aromatic carbocycles. The Balaban J connectivity index is 2.23. The number of hydrogen-bond acceptors (Lipinski definition) is 5. The van der Waals surface area contributed by atoms with E-state index in [2.05, 4.69) is 15.3 Å². The van der Waals surface area contributed by atoms with Gasteiger partial charge in [-0.25, -0.2) is 9.18 Å². The summed E-state index contributed by atoms with van der Waals surface area (Å²) in [5.41, 5.74) is -0.0210. The van der Waals surface area contributed by atoms with Crippen LogP contribution in [0.15, 0.2) is 30.6 Å². The first-order chi connectivity index (χ1) is 9.10. The summed E-state index contributed by atoms with van der Waals surface area (Å²) in [5.74, 6) is -1.46. The molecule has 19 heavy (non-hydrogen) atoms. The summed E-state index contributed by atoms with van der Waals surface area (Å²) in [6, 6.07) is 3.69. The van der Waals surface area contributed by atoms with Crippen LogP contribution in [0.3, 0.4) is 0 Å². The number of nitrogens with one attached hydrogen (secondary N) is 1. The fourth-order valence-electron chi connectivity index (χ4n) is 1.42. The van der Waals surface area contributed by atoms with E-state index < -0.39 is 11.8 Å². The number of methoxy groups -OCH3 is 1. The summed E-state index contributed by atoms with van der Waals surface area (Å²) in [5, 5.41) is 11.5. The fourth-order valence-corrected chi connectivity index (χ4v) is 1.42. The molecule has 0 saturated heterocycles. The van der Waals surface area contributed by atoms with E-state index >= 15 is 0 Å².